The Kier molecular flexibility index (Phi) is 2.03. The maximum atomic E-state index is 4.95. The molecule has 3 aromatic heterocycles. The number of anilines is 1. The highest BCUT2D eigenvalue weighted by molar-refractivity contribution is 5.42. The lowest BCUT2D eigenvalue weighted by Gasteiger charge is -1.95. The van der Waals surface area contributed by atoms with Gasteiger partial charge in [0.15, 0.2) is 11.4 Å². The number of hydrogen-bond donors (Lipinski definition) is 1. The summed E-state index contributed by atoms with van der Waals surface area (Å²) < 4.78 is 6.67. The van der Waals surface area contributed by atoms with Crippen LogP contribution in [-0.2, 0) is 6.54 Å². The van der Waals surface area contributed by atoms with Crippen LogP contribution in [-0.4, -0.2) is 19.8 Å². The summed E-state index contributed by atoms with van der Waals surface area (Å²) >= 11 is 0. The maximum absolute atomic E-state index is 4.95. The average Bonchev–Trinajstić information content (AvgIpc) is 2.95. The molecule has 0 bridgehead atoms. The lowest BCUT2D eigenvalue weighted by molar-refractivity contribution is 0.388. The number of nitrogens with one attached hydrogen (secondary N) is 1. The molecule has 0 unspecified atom stereocenters. The van der Waals surface area contributed by atoms with Crippen LogP contribution in [0, 0.1) is 0 Å². The minimum Gasteiger partial charge on any atom is -0.360 e. The average molecular weight is 215 g/mol. The second-order valence-corrected chi connectivity index (χ2v) is 3.27. The molecule has 0 aliphatic heterocycles. The van der Waals surface area contributed by atoms with Gasteiger partial charge in [0.25, 0.3) is 0 Å². The summed E-state index contributed by atoms with van der Waals surface area (Å²) in [5, 5.41) is 10.9. The molecule has 6 heteroatoms. The van der Waals surface area contributed by atoms with E-state index < -0.39 is 0 Å². The van der Waals surface area contributed by atoms with Crippen molar-refractivity contribution in [2.24, 2.45) is 0 Å². The lowest BCUT2D eigenvalue weighted by atomic mass is 10.4. The second-order valence-electron chi connectivity index (χ2n) is 3.27. The van der Waals surface area contributed by atoms with E-state index in [9.17, 15) is 0 Å². The molecule has 0 aliphatic rings. The van der Waals surface area contributed by atoms with Gasteiger partial charge >= 0.3 is 0 Å². The van der Waals surface area contributed by atoms with Crippen LogP contribution in [0.5, 0.6) is 0 Å². The molecule has 0 saturated heterocycles. The van der Waals surface area contributed by atoms with Crippen LogP contribution < -0.4 is 5.32 Å². The van der Waals surface area contributed by atoms with Gasteiger partial charge < -0.3 is 9.84 Å². The number of rotatable bonds is 3. The second kappa shape index (κ2) is 3.65. The fourth-order valence-corrected chi connectivity index (χ4v) is 1.41. The van der Waals surface area contributed by atoms with Crippen molar-refractivity contribution in [1.29, 1.82) is 0 Å². The van der Waals surface area contributed by atoms with Crippen molar-refractivity contribution in [2.75, 3.05) is 5.32 Å². The third kappa shape index (κ3) is 1.60. The van der Waals surface area contributed by atoms with Crippen LogP contribution in [0.25, 0.3) is 5.65 Å². The van der Waals surface area contributed by atoms with E-state index in [0.717, 1.165) is 11.4 Å². The molecule has 0 aliphatic carbocycles. The molecular weight excluding hydrogens is 206 g/mol. The van der Waals surface area contributed by atoms with Crippen LogP contribution in [0.4, 0.5) is 5.95 Å². The Hall–Kier alpha value is -2.37. The highest BCUT2D eigenvalue weighted by Gasteiger charge is 2.03. The van der Waals surface area contributed by atoms with Crippen molar-refractivity contribution in [3.05, 3.63) is 42.4 Å². The highest BCUT2D eigenvalue weighted by Crippen LogP contribution is 2.06. The number of nitrogens with zero attached hydrogens (tertiary/aromatic N) is 4. The first-order valence-corrected chi connectivity index (χ1v) is 4.87. The molecule has 3 rings (SSSR count). The highest BCUT2D eigenvalue weighted by atomic mass is 16.5. The summed E-state index contributed by atoms with van der Waals surface area (Å²) in [4.78, 5) is 4.29. The van der Waals surface area contributed by atoms with Gasteiger partial charge in [0.1, 0.15) is 0 Å². The Morgan fingerprint density at radius 2 is 2.31 bits per heavy atom. The number of fused-ring (bicyclic) bond motifs is 1. The van der Waals surface area contributed by atoms with Crippen molar-refractivity contribution in [3.63, 3.8) is 0 Å². The van der Waals surface area contributed by atoms with Crippen molar-refractivity contribution in [2.45, 2.75) is 6.54 Å². The van der Waals surface area contributed by atoms with Gasteiger partial charge in [-0.05, 0) is 12.1 Å². The third-order valence-electron chi connectivity index (χ3n) is 2.15. The van der Waals surface area contributed by atoms with E-state index in [-0.39, 0.29) is 0 Å². The first kappa shape index (κ1) is 8.90. The van der Waals surface area contributed by atoms with Crippen molar-refractivity contribution in [3.8, 4) is 0 Å². The smallest absolute Gasteiger partial charge is 0.243 e. The van der Waals surface area contributed by atoms with Crippen molar-refractivity contribution >= 4 is 11.6 Å². The summed E-state index contributed by atoms with van der Waals surface area (Å²) in [5.74, 6) is 1.32. The molecule has 3 heterocycles. The molecule has 0 amide bonds. The molecular formula is C10H9N5O. The van der Waals surface area contributed by atoms with Gasteiger partial charge in [-0.25, -0.2) is 4.52 Å². The summed E-state index contributed by atoms with van der Waals surface area (Å²) in [7, 11) is 0. The molecule has 0 aromatic carbocycles. The Morgan fingerprint density at radius 1 is 1.31 bits per heavy atom. The molecule has 0 spiro atoms. The van der Waals surface area contributed by atoms with Gasteiger partial charge in [-0.1, -0.05) is 11.2 Å². The SMILES string of the molecule is c1ccn2nc(NCc3ccno3)nc2c1. The Bertz CT molecular complexity index is 553. The minimum absolute atomic E-state index is 0.525. The maximum Gasteiger partial charge on any atom is 0.243 e. The zero-order valence-electron chi connectivity index (χ0n) is 8.37. The fraction of sp³-hybridized carbons (Fsp3) is 0.100. The van der Waals surface area contributed by atoms with Crippen molar-refractivity contribution in [1.82, 2.24) is 19.8 Å². The van der Waals surface area contributed by atoms with E-state index in [4.69, 9.17) is 4.52 Å². The zero-order valence-corrected chi connectivity index (χ0v) is 8.37. The lowest BCUT2D eigenvalue weighted by Crippen LogP contribution is -1.99. The molecule has 16 heavy (non-hydrogen) atoms. The van der Waals surface area contributed by atoms with E-state index in [1.54, 1.807) is 16.8 Å². The molecule has 0 radical (unpaired) electrons. The molecule has 0 atom stereocenters. The largest absolute Gasteiger partial charge is 0.360 e. The van der Waals surface area contributed by atoms with Gasteiger partial charge in [-0.15, -0.1) is 5.10 Å². The summed E-state index contributed by atoms with van der Waals surface area (Å²) in [6.07, 6.45) is 3.45. The first-order valence-electron chi connectivity index (χ1n) is 4.87. The Balaban J connectivity index is 1.79. The third-order valence-corrected chi connectivity index (χ3v) is 2.15. The predicted octanol–water partition coefficient (Wildman–Crippen LogP) is 1.33. The fourth-order valence-electron chi connectivity index (χ4n) is 1.41. The topological polar surface area (TPSA) is 68.2 Å². The normalized spacial score (nSPS) is 10.8. The first-order chi connectivity index (χ1) is 7.92. The van der Waals surface area contributed by atoms with Crippen molar-refractivity contribution < 1.29 is 4.52 Å². The quantitative estimate of drug-likeness (QED) is 0.713. The standard InChI is InChI=1S/C10H9N5O/c1-2-6-15-9(3-1)13-10(14-15)11-7-8-4-5-12-16-8/h1-6H,7H2,(H,11,14). The van der Waals surface area contributed by atoms with Gasteiger partial charge in [0, 0.05) is 12.3 Å². The molecule has 1 N–H and O–H groups in total. The zero-order chi connectivity index (χ0) is 10.8. The predicted molar refractivity (Wildman–Crippen MR) is 56.8 cm³/mol. The van der Waals surface area contributed by atoms with Crippen LogP contribution in [0.1, 0.15) is 5.76 Å². The number of hydrogen-bond acceptors (Lipinski definition) is 5. The molecule has 6 nitrogen and oxygen atoms in total. The summed E-state index contributed by atoms with van der Waals surface area (Å²) in [6.45, 7) is 0.525. The summed E-state index contributed by atoms with van der Waals surface area (Å²) in [5.41, 5.74) is 0.808. The number of pyridine rings is 1. The molecule has 3 aromatic rings. The monoisotopic (exact) mass is 215 g/mol. The van der Waals surface area contributed by atoms with Gasteiger partial charge in [0.2, 0.25) is 5.95 Å². The van der Waals surface area contributed by atoms with Crippen LogP contribution >= 0.6 is 0 Å². The van der Waals surface area contributed by atoms with E-state index in [2.05, 4.69) is 20.6 Å². The Labute approximate surface area is 90.9 Å². The van der Waals surface area contributed by atoms with Gasteiger partial charge in [-0.3, -0.25) is 0 Å². The van der Waals surface area contributed by atoms with E-state index in [1.165, 1.54) is 0 Å². The Morgan fingerprint density at radius 3 is 3.12 bits per heavy atom. The summed E-state index contributed by atoms with van der Waals surface area (Å²) in [6, 6.07) is 7.52. The van der Waals surface area contributed by atoms with Gasteiger partial charge in [0.05, 0.1) is 12.7 Å². The molecule has 80 valence electrons. The minimum atomic E-state index is 0.525. The number of aromatic nitrogens is 4. The van der Waals surface area contributed by atoms with Gasteiger partial charge in [-0.2, -0.15) is 4.98 Å². The molecule has 0 saturated carbocycles. The van der Waals surface area contributed by atoms with Crippen LogP contribution in [0.2, 0.25) is 0 Å². The molecule has 0 fully saturated rings. The van der Waals surface area contributed by atoms with E-state index >= 15 is 0 Å². The van der Waals surface area contributed by atoms with Crippen LogP contribution in [0.3, 0.4) is 0 Å². The van der Waals surface area contributed by atoms with E-state index in [1.807, 2.05) is 24.4 Å². The van der Waals surface area contributed by atoms with Crippen LogP contribution in [0.15, 0.2) is 41.2 Å². The van der Waals surface area contributed by atoms with E-state index in [0.29, 0.717) is 12.5 Å².